The summed E-state index contributed by atoms with van der Waals surface area (Å²) < 4.78 is 0. The Morgan fingerprint density at radius 3 is 2.74 bits per heavy atom. The molecule has 0 unspecified atom stereocenters. The molecule has 1 atom stereocenters. The van der Waals surface area contributed by atoms with E-state index in [4.69, 9.17) is 5.11 Å². The third kappa shape index (κ3) is 4.55. The maximum atomic E-state index is 12.0. The number of carboxylic acid groups (broad SMARTS) is 1. The molecule has 1 saturated heterocycles. The molecule has 1 aliphatic heterocycles. The van der Waals surface area contributed by atoms with Crippen LogP contribution in [0, 0.1) is 11.8 Å². The lowest BCUT2D eigenvalue weighted by Crippen LogP contribution is -2.25. The maximum Gasteiger partial charge on any atom is 0.308 e. The zero-order valence-electron chi connectivity index (χ0n) is 13.4. The lowest BCUT2D eigenvalue weighted by atomic mass is 10.1. The van der Waals surface area contributed by atoms with E-state index in [1.807, 2.05) is 0 Å². The van der Waals surface area contributed by atoms with E-state index in [9.17, 15) is 14.4 Å². The fraction of sp³-hybridized carbons (Fsp3) is 0.471. The Morgan fingerprint density at radius 2 is 2.13 bits per heavy atom. The molecule has 124 valence electrons. The molecule has 0 saturated carbocycles. The summed E-state index contributed by atoms with van der Waals surface area (Å²) in [5.74, 6) is -1.44. The van der Waals surface area contributed by atoms with Gasteiger partial charge in [-0.15, -0.1) is 0 Å². The second-order valence-corrected chi connectivity index (χ2v) is 6.27. The van der Waals surface area contributed by atoms with Gasteiger partial charge in [-0.3, -0.25) is 14.4 Å². The molecular weight excluding hydrogens is 296 g/mol. The van der Waals surface area contributed by atoms with Gasteiger partial charge in [0.15, 0.2) is 0 Å². The van der Waals surface area contributed by atoms with Gasteiger partial charge in [0, 0.05) is 30.8 Å². The van der Waals surface area contributed by atoms with Crippen molar-refractivity contribution in [2.75, 3.05) is 16.8 Å². The van der Waals surface area contributed by atoms with Crippen LogP contribution in [0.4, 0.5) is 11.4 Å². The largest absolute Gasteiger partial charge is 0.481 e. The quantitative estimate of drug-likeness (QED) is 0.843. The van der Waals surface area contributed by atoms with Gasteiger partial charge in [0.1, 0.15) is 0 Å². The van der Waals surface area contributed by atoms with Crippen molar-refractivity contribution in [2.24, 2.45) is 11.8 Å². The molecule has 0 aromatic heterocycles. The minimum Gasteiger partial charge on any atom is -0.481 e. The second kappa shape index (κ2) is 7.26. The van der Waals surface area contributed by atoms with Crippen LogP contribution in [0.25, 0.3) is 0 Å². The van der Waals surface area contributed by atoms with Crippen LogP contribution in [-0.4, -0.2) is 29.4 Å². The van der Waals surface area contributed by atoms with Crippen molar-refractivity contribution >= 4 is 29.2 Å². The van der Waals surface area contributed by atoms with E-state index in [1.54, 1.807) is 24.3 Å². The third-order valence-corrected chi connectivity index (χ3v) is 3.86. The minimum atomic E-state index is -0.959. The number of carboxylic acids is 1. The first-order valence-electron chi connectivity index (χ1n) is 7.80. The average Bonchev–Trinajstić information content (AvgIpc) is 2.88. The lowest BCUT2D eigenvalue weighted by Gasteiger charge is -2.17. The molecule has 1 heterocycles. The molecule has 1 aromatic rings. The summed E-state index contributed by atoms with van der Waals surface area (Å²) >= 11 is 0. The number of carbonyl (C=O) groups excluding carboxylic acids is 2. The maximum absolute atomic E-state index is 12.0. The van der Waals surface area contributed by atoms with Crippen LogP contribution in [0.1, 0.15) is 33.1 Å². The summed E-state index contributed by atoms with van der Waals surface area (Å²) in [4.78, 5) is 36.3. The van der Waals surface area contributed by atoms with Gasteiger partial charge in [0.05, 0.1) is 5.92 Å². The van der Waals surface area contributed by atoms with Crippen LogP contribution in [0.3, 0.4) is 0 Å². The van der Waals surface area contributed by atoms with Crippen molar-refractivity contribution in [1.82, 2.24) is 0 Å². The number of rotatable bonds is 6. The van der Waals surface area contributed by atoms with Crippen molar-refractivity contribution in [2.45, 2.75) is 33.1 Å². The van der Waals surface area contributed by atoms with Gasteiger partial charge >= 0.3 is 5.97 Å². The number of hydrogen-bond acceptors (Lipinski definition) is 3. The highest BCUT2D eigenvalue weighted by molar-refractivity contribution is 6.00. The van der Waals surface area contributed by atoms with Crippen LogP contribution in [0.15, 0.2) is 24.3 Å². The zero-order valence-corrected chi connectivity index (χ0v) is 13.4. The summed E-state index contributed by atoms with van der Waals surface area (Å²) in [5, 5.41) is 11.9. The molecule has 1 fully saturated rings. The van der Waals surface area contributed by atoms with Crippen LogP contribution in [-0.2, 0) is 14.4 Å². The monoisotopic (exact) mass is 318 g/mol. The average molecular weight is 318 g/mol. The first-order chi connectivity index (χ1) is 10.9. The van der Waals surface area contributed by atoms with E-state index in [1.165, 1.54) is 4.90 Å². The number of nitrogens with zero attached hydrogens (tertiary/aromatic N) is 1. The number of amides is 2. The Bertz CT molecular complexity index is 612. The summed E-state index contributed by atoms with van der Waals surface area (Å²) in [6.07, 6.45) is 1.28. The normalized spacial score (nSPS) is 17.6. The number of carbonyl (C=O) groups is 3. The van der Waals surface area contributed by atoms with E-state index in [0.717, 1.165) is 6.42 Å². The summed E-state index contributed by atoms with van der Waals surface area (Å²) in [6.45, 7) is 4.29. The highest BCUT2D eigenvalue weighted by Gasteiger charge is 2.35. The van der Waals surface area contributed by atoms with Crippen molar-refractivity contribution in [3.8, 4) is 0 Å². The molecular formula is C17H22N2O4. The van der Waals surface area contributed by atoms with Crippen molar-refractivity contribution in [3.05, 3.63) is 24.3 Å². The summed E-state index contributed by atoms with van der Waals surface area (Å²) in [6, 6.07) is 6.95. The molecule has 2 amide bonds. The number of anilines is 2. The van der Waals surface area contributed by atoms with E-state index in [2.05, 4.69) is 19.2 Å². The standard InChI is InChI=1S/C17H22N2O4/c1-11(2)6-7-15(20)18-13-4-3-5-14(9-13)19-10-12(17(22)23)8-16(19)21/h3-5,9,11-12H,6-8,10H2,1-2H3,(H,18,20)(H,22,23)/t12-/m0/s1. The fourth-order valence-electron chi connectivity index (χ4n) is 2.52. The van der Waals surface area contributed by atoms with Crippen LogP contribution >= 0.6 is 0 Å². The Labute approximate surface area is 135 Å². The highest BCUT2D eigenvalue weighted by Crippen LogP contribution is 2.27. The Balaban J connectivity index is 2.04. The van der Waals surface area contributed by atoms with Crippen molar-refractivity contribution in [1.29, 1.82) is 0 Å². The van der Waals surface area contributed by atoms with Gasteiger partial charge in [-0.2, -0.15) is 0 Å². The van der Waals surface area contributed by atoms with Crippen molar-refractivity contribution < 1.29 is 19.5 Å². The second-order valence-electron chi connectivity index (χ2n) is 6.27. The number of nitrogens with one attached hydrogen (secondary N) is 1. The predicted octanol–water partition coefficient (Wildman–Crippen LogP) is 2.50. The summed E-state index contributed by atoms with van der Waals surface area (Å²) in [7, 11) is 0. The Kier molecular flexibility index (Phi) is 5.36. The molecule has 1 aromatic carbocycles. The van der Waals surface area contributed by atoms with E-state index in [-0.39, 0.29) is 24.8 Å². The van der Waals surface area contributed by atoms with Crippen LogP contribution in [0.5, 0.6) is 0 Å². The highest BCUT2D eigenvalue weighted by atomic mass is 16.4. The molecule has 6 nitrogen and oxygen atoms in total. The SMILES string of the molecule is CC(C)CCC(=O)Nc1cccc(N2C[C@@H](C(=O)O)CC2=O)c1. The summed E-state index contributed by atoms with van der Waals surface area (Å²) in [5.41, 5.74) is 1.23. The molecule has 0 spiro atoms. The van der Waals surface area contributed by atoms with Gasteiger partial charge in [0.2, 0.25) is 11.8 Å². The molecule has 0 radical (unpaired) electrons. The van der Waals surface area contributed by atoms with Gasteiger partial charge in [-0.1, -0.05) is 19.9 Å². The Morgan fingerprint density at radius 1 is 1.39 bits per heavy atom. The number of benzene rings is 1. The van der Waals surface area contributed by atoms with Crippen LogP contribution < -0.4 is 10.2 Å². The molecule has 2 N–H and O–H groups in total. The molecule has 0 aliphatic carbocycles. The van der Waals surface area contributed by atoms with Gasteiger partial charge in [-0.05, 0) is 30.5 Å². The molecule has 23 heavy (non-hydrogen) atoms. The fourth-order valence-corrected chi connectivity index (χ4v) is 2.52. The first-order valence-corrected chi connectivity index (χ1v) is 7.80. The molecule has 6 heteroatoms. The van der Waals surface area contributed by atoms with Gasteiger partial charge in [0.25, 0.3) is 0 Å². The minimum absolute atomic E-state index is 0.0142. The third-order valence-electron chi connectivity index (χ3n) is 3.86. The van der Waals surface area contributed by atoms with Crippen LogP contribution in [0.2, 0.25) is 0 Å². The molecule has 1 aliphatic rings. The lowest BCUT2D eigenvalue weighted by molar-refractivity contribution is -0.141. The van der Waals surface area contributed by atoms with Gasteiger partial charge < -0.3 is 15.3 Å². The van der Waals surface area contributed by atoms with E-state index < -0.39 is 11.9 Å². The van der Waals surface area contributed by atoms with E-state index in [0.29, 0.717) is 23.7 Å². The number of aliphatic carboxylic acids is 1. The zero-order chi connectivity index (χ0) is 17.0. The Hall–Kier alpha value is -2.37. The predicted molar refractivity (Wildman–Crippen MR) is 87.2 cm³/mol. The number of hydrogen-bond donors (Lipinski definition) is 2. The topological polar surface area (TPSA) is 86.7 Å². The smallest absolute Gasteiger partial charge is 0.308 e. The van der Waals surface area contributed by atoms with Crippen molar-refractivity contribution in [3.63, 3.8) is 0 Å². The molecule has 0 bridgehead atoms. The van der Waals surface area contributed by atoms with Gasteiger partial charge in [-0.25, -0.2) is 0 Å². The molecule has 2 rings (SSSR count). The first kappa shape index (κ1) is 17.0. The van der Waals surface area contributed by atoms with E-state index >= 15 is 0 Å².